The zero-order valence-electron chi connectivity index (χ0n) is 8.94. The van der Waals surface area contributed by atoms with E-state index in [-0.39, 0.29) is 5.03 Å². The SMILES string of the molecule is CC(O)[C@H](NS(=O)(=O)c1ccccn1)C(=O)O. The molecular formula is C9H12N2O5S. The summed E-state index contributed by atoms with van der Waals surface area (Å²) in [4.78, 5) is 14.3. The molecule has 1 aromatic heterocycles. The van der Waals surface area contributed by atoms with Crippen LogP contribution in [-0.2, 0) is 14.8 Å². The number of hydrogen-bond acceptors (Lipinski definition) is 5. The highest BCUT2D eigenvalue weighted by Crippen LogP contribution is 2.06. The molecule has 0 amide bonds. The Balaban J connectivity index is 2.97. The Labute approximate surface area is 98.2 Å². The molecule has 0 fully saturated rings. The van der Waals surface area contributed by atoms with Crippen molar-refractivity contribution in [3.63, 3.8) is 0 Å². The Kier molecular flexibility index (Phi) is 4.16. The summed E-state index contributed by atoms with van der Waals surface area (Å²) in [6, 6.07) is 2.60. The number of aliphatic carboxylic acids is 1. The lowest BCUT2D eigenvalue weighted by molar-refractivity contribution is -0.141. The lowest BCUT2D eigenvalue weighted by atomic mass is 10.2. The third-order valence-electron chi connectivity index (χ3n) is 1.94. The van der Waals surface area contributed by atoms with Gasteiger partial charge in [0, 0.05) is 6.20 Å². The van der Waals surface area contributed by atoms with Crippen molar-refractivity contribution >= 4 is 16.0 Å². The van der Waals surface area contributed by atoms with Crippen molar-refractivity contribution in [2.24, 2.45) is 0 Å². The molecule has 1 aromatic rings. The maximum atomic E-state index is 11.7. The molecule has 0 aromatic carbocycles. The Morgan fingerprint density at radius 3 is 2.53 bits per heavy atom. The van der Waals surface area contributed by atoms with E-state index in [0.717, 1.165) is 0 Å². The van der Waals surface area contributed by atoms with Gasteiger partial charge in [0.15, 0.2) is 5.03 Å². The molecule has 94 valence electrons. The van der Waals surface area contributed by atoms with Gasteiger partial charge in [-0.1, -0.05) is 6.07 Å². The number of aromatic nitrogens is 1. The topological polar surface area (TPSA) is 117 Å². The summed E-state index contributed by atoms with van der Waals surface area (Å²) in [6.07, 6.45) is -0.0850. The van der Waals surface area contributed by atoms with Gasteiger partial charge in [0.1, 0.15) is 6.04 Å². The van der Waals surface area contributed by atoms with E-state index < -0.39 is 28.1 Å². The molecule has 2 atom stereocenters. The van der Waals surface area contributed by atoms with Crippen LogP contribution in [-0.4, -0.2) is 41.7 Å². The van der Waals surface area contributed by atoms with Crippen LogP contribution >= 0.6 is 0 Å². The number of carboxylic acids is 1. The van der Waals surface area contributed by atoms with Crippen LogP contribution in [0.1, 0.15) is 6.92 Å². The van der Waals surface area contributed by atoms with Gasteiger partial charge in [-0.05, 0) is 19.1 Å². The molecule has 1 heterocycles. The quantitative estimate of drug-likeness (QED) is 0.637. The van der Waals surface area contributed by atoms with Crippen molar-refractivity contribution in [1.82, 2.24) is 9.71 Å². The Morgan fingerprint density at radius 1 is 1.47 bits per heavy atom. The van der Waals surface area contributed by atoms with Crippen molar-refractivity contribution in [1.29, 1.82) is 0 Å². The first kappa shape index (κ1) is 13.6. The summed E-state index contributed by atoms with van der Waals surface area (Å²) in [7, 11) is -4.05. The number of aliphatic hydroxyl groups excluding tert-OH is 1. The number of hydrogen-bond donors (Lipinski definition) is 3. The molecule has 0 spiro atoms. The van der Waals surface area contributed by atoms with Crippen molar-refractivity contribution in [2.45, 2.75) is 24.1 Å². The molecule has 7 nitrogen and oxygen atoms in total. The van der Waals surface area contributed by atoms with E-state index in [4.69, 9.17) is 10.2 Å². The standard InChI is InChI=1S/C9H12N2O5S/c1-6(12)8(9(13)14)11-17(15,16)7-4-2-3-5-10-7/h2-6,8,11-12H,1H3,(H,13,14)/t6?,8-/m0/s1. The number of pyridine rings is 1. The summed E-state index contributed by atoms with van der Waals surface area (Å²) in [5, 5.41) is 17.6. The summed E-state index contributed by atoms with van der Waals surface area (Å²) in [5.41, 5.74) is 0. The minimum absolute atomic E-state index is 0.299. The molecule has 17 heavy (non-hydrogen) atoms. The second-order valence-electron chi connectivity index (χ2n) is 3.35. The number of aliphatic hydroxyl groups is 1. The zero-order valence-corrected chi connectivity index (χ0v) is 9.76. The Hall–Kier alpha value is -1.51. The first-order valence-corrected chi connectivity index (χ1v) is 6.17. The smallest absolute Gasteiger partial charge is 0.324 e. The van der Waals surface area contributed by atoms with Gasteiger partial charge in [-0.15, -0.1) is 0 Å². The second kappa shape index (κ2) is 5.21. The molecule has 0 saturated carbocycles. The predicted molar refractivity (Wildman–Crippen MR) is 57.7 cm³/mol. The van der Waals surface area contributed by atoms with Gasteiger partial charge in [0.2, 0.25) is 0 Å². The zero-order chi connectivity index (χ0) is 13.1. The van der Waals surface area contributed by atoms with E-state index in [1.54, 1.807) is 0 Å². The Morgan fingerprint density at radius 2 is 2.12 bits per heavy atom. The third kappa shape index (κ3) is 3.48. The second-order valence-corrected chi connectivity index (χ2v) is 5.01. The molecule has 0 aliphatic carbocycles. The first-order valence-electron chi connectivity index (χ1n) is 4.69. The van der Waals surface area contributed by atoms with Gasteiger partial charge in [-0.3, -0.25) is 4.79 Å². The highest BCUT2D eigenvalue weighted by Gasteiger charge is 2.29. The highest BCUT2D eigenvalue weighted by atomic mass is 32.2. The van der Waals surface area contributed by atoms with Crippen LogP contribution < -0.4 is 4.72 Å². The number of rotatable bonds is 5. The third-order valence-corrected chi connectivity index (χ3v) is 3.30. The van der Waals surface area contributed by atoms with Crippen LogP contribution in [0.5, 0.6) is 0 Å². The maximum Gasteiger partial charge on any atom is 0.324 e. The van der Waals surface area contributed by atoms with Gasteiger partial charge in [0.05, 0.1) is 6.10 Å². The first-order chi connectivity index (χ1) is 7.84. The summed E-state index contributed by atoms with van der Waals surface area (Å²) < 4.78 is 25.3. The van der Waals surface area contributed by atoms with Crippen LogP contribution in [0.25, 0.3) is 0 Å². The fourth-order valence-electron chi connectivity index (χ4n) is 1.09. The predicted octanol–water partition coefficient (Wildman–Crippen LogP) is -0.806. The molecule has 3 N–H and O–H groups in total. The van der Waals surface area contributed by atoms with Crippen LogP contribution in [0.4, 0.5) is 0 Å². The van der Waals surface area contributed by atoms with E-state index in [1.807, 2.05) is 4.72 Å². The highest BCUT2D eigenvalue weighted by molar-refractivity contribution is 7.89. The lowest BCUT2D eigenvalue weighted by Crippen LogP contribution is -2.47. The largest absolute Gasteiger partial charge is 0.480 e. The molecule has 0 aliphatic heterocycles. The molecule has 0 radical (unpaired) electrons. The number of sulfonamides is 1. The molecule has 8 heteroatoms. The molecular weight excluding hydrogens is 248 g/mol. The van der Waals surface area contributed by atoms with Gasteiger partial charge >= 0.3 is 5.97 Å². The normalized spacial score (nSPS) is 15.2. The summed E-state index contributed by atoms with van der Waals surface area (Å²) in [5.74, 6) is -1.46. The fraction of sp³-hybridized carbons (Fsp3) is 0.333. The van der Waals surface area contributed by atoms with E-state index in [0.29, 0.717) is 0 Å². The van der Waals surface area contributed by atoms with Crippen molar-refractivity contribution in [3.8, 4) is 0 Å². The van der Waals surface area contributed by atoms with Crippen molar-refractivity contribution in [3.05, 3.63) is 24.4 Å². The molecule has 1 unspecified atom stereocenters. The lowest BCUT2D eigenvalue weighted by Gasteiger charge is -2.16. The summed E-state index contributed by atoms with van der Waals surface area (Å²) >= 11 is 0. The number of nitrogens with zero attached hydrogens (tertiary/aromatic N) is 1. The number of carboxylic acid groups (broad SMARTS) is 1. The van der Waals surface area contributed by atoms with Crippen molar-refractivity contribution in [2.75, 3.05) is 0 Å². The van der Waals surface area contributed by atoms with Gasteiger partial charge in [-0.25, -0.2) is 13.4 Å². The van der Waals surface area contributed by atoms with E-state index in [1.165, 1.54) is 31.3 Å². The molecule has 0 bridgehead atoms. The number of carbonyl (C=O) groups is 1. The van der Waals surface area contributed by atoms with Gasteiger partial charge in [0.25, 0.3) is 10.0 Å². The molecule has 0 saturated heterocycles. The average molecular weight is 260 g/mol. The fourth-order valence-corrected chi connectivity index (χ4v) is 2.30. The molecule has 1 rings (SSSR count). The average Bonchev–Trinajstić information content (AvgIpc) is 2.26. The minimum Gasteiger partial charge on any atom is -0.480 e. The summed E-state index contributed by atoms with van der Waals surface area (Å²) in [6.45, 7) is 1.18. The Bertz CT molecular complexity index is 485. The van der Waals surface area contributed by atoms with E-state index >= 15 is 0 Å². The number of nitrogens with one attached hydrogen (secondary N) is 1. The van der Waals surface area contributed by atoms with Crippen molar-refractivity contribution < 1.29 is 23.4 Å². The maximum absolute atomic E-state index is 11.7. The van der Waals surface area contributed by atoms with Gasteiger partial charge < -0.3 is 10.2 Å². The van der Waals surface area contributed by atoms with Crippen LogP contribution in [0.2, 0.25) is 0 Å². The minimum atomic E-state index is -4.05. The van der Waals surface area contributed by atoms with Gasteiger partial charge in [-0.2, -0.15) is 4.72 Å². The molecule has 0 aliphatic rings. The monoisotopic (exact) mass is 260 g/mol. The van der Waals surface area contributed by atoms with E-state index in [9.17, 15) is 13.2 Å². The van der Waals surface area contributed by atoms with Crippen LogP contribution in [0.3, 0.4) is 0 Å². The van der Waals surface area contributed by atoms with Crippen LogP contribution in [0, 0.1) is 0 Å². The van der Waals surface area contributed by atoms with E-state index in [2.05, 4.69) is 4.98 Å². The van der Waals surface area contributed by atoms with Crippen LogP contribution in [0.15, 0.2) is 29.4 Å².